The number of hydrogen-bond acceptors (Lipinski definition) is 2. The lowest BCUT2D eigenvalue weighted by Crippen LogP contribution is -2.00. The molecule has 1 unspecified atom stereocenters. The van der Waals surface area contributed by atoms with Gasteiger partial charge < -0.3 is 9.84 Å². The summed E-state index contributed by atoms with van der Waals surface area (Å²) < 4.78 is 5.22. The number of aryl methyl sites for hydroxylation is 2. The quantitative estimate of drug-likeness (QED) is 0.894. The van der Waals surface area contributed by atoms with Crippen LogP contribution in [0, 0.1) is 13.8 Å². The van der Waals surface area contributed by atoms with Gasteiger partial charge in [0.2, 0.25) is 0 Å². The topological polar surface area (TPSA) is 29.5 Å². The first-order chi connectivity index (χ1) is 8.61. The van der Waals surface area contributed by atoms with Crippen LogP contribution in [0.5, 0.6) is 5.75 Å². The zero-order valence-corrected chi connectivity index (χ0v) is 11.0. The van der Waals surface area contributed by atoms with Crippen molar-refractivity contribution in [3.05, 3.63) is 64.7 Å². The molecule has 2 rings (SSSR count). The van der Waals surface area contributed by atoms with Crippen molar-refractivity contribution < 1.29 is 9.84 Å². The van der Waals surface area contributed by atoms with Gasteiger partial charge >= 0.3 is 0 Å². The number of rotatable bonds is 3. The van der Waals surface area contributed by atoms with Crippen molar-refractivity contribution >= 4 is 0 Å². The lowest BCUT2D eigenvalue weighted by Gasteiger charge is -2.14. The van der Waals surface area contributed by atoms with Gasteiger partial charge in [-0.3, -0.25) is 0 Å². The van der Waals surface area contributed by atoms with Crippen LogP contribution in [0.1, 0.15) is 28.4 Å². The van der Waals surface area contributed by atoms with Crippen LogP contribution in [-0.2, 0) is 0 Å². The fourth-order valence-corrected chi connectivity index (χ4v) is 2.01. The van der Waals surface area contributed by atoms with E-state index in [0.29, 0.717) is 0 Å². The largest absolute Gasteiger partial charge is 0.496 e. The molecule has 94 valence electrons. The van der Waals surface area contributed by atoms with Gasteiger partial charge in [0.05, 0.1) is 7.11 Å². The van der Waals surface area contributed by atoms with Crippen LogP contribution in [0.2, 0.25) is 0 Å². The van der Waals surface area contributed by atoms with Gasteiger partial charge in [-0.2, -0.15) is 0 Å². The number of aliphatic hydroxyl groups excluding tert-OH is 1. The van der Waals surface area contributed by atoms with Crippen LogP contribution in [0.4, 0.5) is 0 Å². The highest BCUT2D eigenvalue weighted by Gasteiger charge is 2.11. The van der Waals surface area contributed by atoms with Crippen LogP contribution in [0.15, 0.2) is 42.5 Å². The Bertz CT molecular complexity index is 529. The lowest BCUT2D eigenvalue weighted by molar-refractivity contribution is 0.220. The maximum atomic E-state index is 10.3. The third-order valence-electron chi connectivity index (χ3n) is 3.13. The van der Waals surface area contributed by atoms with E-state index in [-0.39, 0.29) is 0 Å². The Morgan fingerprint density at radius 3 is 2.11 bits per heavy atom. The predicted octanol–water partition coefficient (Wildman–Crippen LogP) is 3.39. The molecule has 0 bridgehead atoms. The van der Waals surface area contributed by atoms with E-state index in [1.54, 1.807) is 7.11 Å². The van der Waals surface area contributed by atoms with Crippen LogP contribution >= 0.6 is 0 Å². The van der Waals surface area contributed by atoms with Crippen molar-refractivity contribution in [2.24, 2.45) is 0 Å². The molecule has 0 aliphatic rings. The van der Waals surface area contributed by atoms with Gasteiger partial charge in [0, 0.05) is 0 Å². The van der Waals surface area contributed by atoms with Crippen molar-refractivity contribution in [1.82, 2.24) is 0 Å². The molecule has 0 aliphatic heterocycles. The van der Waals surface area contributed by atoms with Gasteiger partial charge in [0.25, 0.3) is 0 Å². The maximum Gasteiger partial charge on any atom is 0.121 e. The number of aliphatic hydroxyl groups is 1. The molecule has 0 amide bonds. The van der Waals surface area contributed by atoms with Crippen molar-refractivity contribution in [2.75, 3.05) is 7.11 Å². The van der Waals surface area contributed by atoms with Gasteiger partial charge in [-0.05, 0) is 42.7 Å². The molecule has 2 nitrogen and oxygen atoms in total. The second-order valence-corrected chi connectivity index (χ2v) is 4.54. The summed E-state index contributed by atoms with van der Waals surface area (Å²) in [6.07, 6.45) is -0.588. The molecule has 0 saturated carbocycles. The van der Waals surface area contributed by atoms with E-state index in [2.05, 4.69) is 0 Å². The Kier molecular flexibility index (Phi) is 3.68. The number of benzene rings is 2. The molecular formula is C16H18O2. The van der Waals surface area contributed by atoms with E-state index >= 15 is 0 Å². The molecule has 1 atom stereocenters. The Hall–Kier alpha value is -1.80. The summed E-state index contributed by atoms with van der Waals surface area (Å²) in [5.41, 5.74) is 4.01. The second-order valence-electron chi connectivity index (χ2n) is 4.54. The second kappa shape index (κ2) is 5.23. The molecule has 18 heavy (non-hydrogen) atoms. The zero-order valence-electron chi connectivity index (χ0n) is 11.0. The van der Waals surface area contributed by atoms with Gasteiger partial charge in [-0.25, -0.2) is 0 Å². The predicted molar refractivity (Wildman–Crippen MR) is 73.0 cm³/mol. The average molecular weight is 242 g/mol. The molecular weight excluding hydrogens is 224 g/mol. The van der Waals surface area contributed by atoms with E-state index < -0.39 is 6.10 Å². The van der Waals surface area contributed by atoms with E-state index in [1.165, 1.54) is 5.56 Å². The zero-order chi connectivity index (χ0) is 13.1. The van der Waals surface area contributed by atoms with E-state index in [4.69, 9.17) is 4.74 Å². The summed E-state index contributed by atoms with van der Waals surface area (Å²) in [7, 11) is 1.65. The number of ether oxygens (including phenoxy) is 1. The molecule has 0 radical (unpaired) electrons. The molecule has 2 aromatic rings. The van der Waals surface area contributed by atoms with Gasteiger partial charge in [0.15, 0.2) is 0 Å². The summed E-state index contributed by atoms with van der Waals surface area (Å²) in [6.45, 7) is 4.01. The fourth-order valence-electron chi connectivity index (χ4n) is 2.01. The molecule has 0 heterocycles. The third-order valence-corrected chi connectivity index (χ3v) is 3.13. The number of hydrogen-bond donors (Lipinski definition) is 1. The Balaban J connectivity index is 2.31. The van der Waals surface area contributed by atoms with E-state index in [9.17, 15) is 5.11 Å². The lowest BCUT2D eigenvalue weighted by atomic mass is 9.99. The monoisotopic (exact) mass is 242 g/mol. The number of methoxy groups -OCH3 is 1. The smallest absolute Gasteiger partial charge is 0.121 e. The summed E-state index contributed by atoms with van der Waals surface area (Å²) in [5, 5.41) is 10.3. The van der Waals surface area contributed by atoms with Crippen molar-refractivity contribution in [2.45, 2.75) is 20.0 Å². The van der Waals surface area contributed by atoms with Crippen LogP contribution in [0.25, 0.3) is 0 Å². The first-order valence-corrected chi connectivity index (χ1v) is 6.01. The van der Waals surface area contributed by atoms with Crippen LogP contribution in [0.3, 0.4) is 0 Å². The first-order valence-electron chi connectivity index (χ1n) is 6.01. The van der Waals surface area contributed by atoms with Gasteiger partial charge in [0.1, 0.15) is 11.9 Å². The molecule has 0 fully saturated rings. The van der Waals surface area contributed by atoms with E-state index in [1.807, 2.05) is 56.3 Å². The highest BCUT2D eigenvalue weighted by atomic mass is 16.5. The average Bonchev–Trinajstić information content (AvgIpc) is 2.38. The van der Waals surface area contributed by atoms with E-state index in [0.717, 1.165) is 22.4 Å². The maximum absolute atomic E-state index is 10.3. The van der Waals surface area contributed by atoms with Crippen LogP contribution < -0.4 is 4.74 Å². The summed E-state index contributed by atoms with van der Waals surface area (Å²) in [6, 6.07) is 13.7. The minimum absolute atomic E-state index is 0.588. The van der Waals surface area contributed by atoms with Crippen molar-refractivity contribution in [3.63, 3.8) is 0 Å². The molecule has 1 N–H and O–H groups in total. The van der Waals surface area contributed by atoms with Crippen LogP contribution in [-0.4, -0.2) is 12.2 Å². The Morgan fingerprint density at radius 2 is 1.56 bits per heavy atom. The third kappa shape index (κ3) is 2.54. The SMILES string of the molecule is COc1ccc(C(O)c2ccc(C)cc2)cc1C. The molecule has 0 aromatic heterocycles. The molecule has 0 saturated heterocycles. The minimum Gasteiger partial charge on any atom is -0.496 e. The van der Waals surface area contributed by atoms with Gasteiger partial charge in [-0.15, -0.1) is 0 Å². The Labute approximate surface area is 108 Å². The molecule has 0 aliphatic carbocycles. The summed E-state index contributed by atoms with van der Waals surface area (Å²) >= 11 is 0. The highest BCUT2D eigenvalue weighted by Crippen LogP contribution is 2.26. The molecule has 2 heteroatoms. The standard InChI is InChI=1S/C16H18O2/c1-11-4-6-13(7-5-11)16(17)14-8-9-15(18-3)12(2)10-14/h4-10,16-17H,1-3H3. The van der Waals surface area contributed by atoms with Crippen molar-refractivity contribution in [1.29, 1.82) is 0 Å². The summed E-state index contributed by atoms with van der Waals surface area (Å²) in [4.78, 5) is 0. The minimum atomic E-state index is -0.588. The first kappa shape index (κ1) is 12.7. The fraction of sp³-hybridized carbons (Fsp3) is 0.250. The summed E-state index contributed by atoms with van der Waals surface area (Å²) in [5.74, 6) is 0.842. The highest BCUT2D eigenvalue weighted by molar-refractivity contribution is 5.40. The van der Waals surface area contributed by atoms with Gasteiger partial charge in [-0.1, -0.05) is 35.9 Å². The molecule has 0 spiro atoms. The normalized spacial score (nSPS) is 12.2. The molecule has 2 aromatic carbocycles. The van der Waals surface area contributed by atoms with Crippen molar-refractivity contribution in [3.8, 4) is 5.75 Å². The Morgan fingerprint density at radius 1 is 0.944 bits per heavy atom.